The summed E-state index contributed by atoms with van der Waals surface area (Å²) in [6.45, 7) is 27.8. The lowest BCUT2D eigenvalue weighted by atomic mass is 9.78. The van der Waals surface area contributed by atoms with Crippen molar-refractivity contribution >= 4 is 22.6 Å². The highest BCUT2D eigenvalue weighted by Gasteiger charge is 2.65. The third kappa shape index (κ3) is 8.17. The van der Waals surface area contributed by atoms with Gasteiger partial charge in [-0.2, -0.15) is 0 Å². The van der Waals surface area contributed by atoms with E-state index in [1.165, 1.54) is 0 Å². The summed E-state index contributed by atoms with van der Waals surface area (Å²) in [5.74, 6) is 3.59. The number of carbonyl (C=O) groups excluding carboxylic acids is 1. The number of cyclic esters (lactones) is 1. The van der Waals surface area contributed by atoms with Gasteiger partial charge in [-0.05, 0) is 106 Å². The molecule has 0 aliphatic carbocycles. The Bertz CT molecular complexity index is 1180. The number of rotatable bonds is 10. The molecular weight excluding hydrogens is 647 g/mol. The van der Waals surface area contributed by atoms with Crippen LogP contribution in [-0.2, 0) is 37.3 Å². The van der Waals surface area contributed by atoms with Gasteiger partial charge in [-0.25, -0.2) is 0 Å². The first-order chi connectivity index (χ1) is 22.0. The van der Waals surface area contributed by atoms with Gasteiger partial charge < -0.3 is 37.4 Å². The number of nitrogens with two attached hydrogens (primary N) is 1. The highest BCUT2D eigenvalue weighted by Crippen LogP contribution is 2.56. The molecule has 4 aliphatic rings. The SMILES string of the molecule is CC[C@H]1OC(=O)[C@H](C)[C@@H](O[Si](C)(C)C)[C@H](C)[C@@H](OC2O[C@H](C)C[C@H](N(C)C)[C@@H]2O[Si](C)(C)C)[C@@]2(C)C[C@@H](C)C3(OC1(C)C=C3CNN)O2. The van der Waals surface area contributed by atoms with Crippen LogP contribution in [0.4, 0.5) is 0 Å². The van der Waals surface area contributed by atoms with Crippen molar-refractivity contribution < 1.29 is 37.3 Å². The van der Waals surface area contributed by atoms with E-state index in [2.05, 4.69) is 97.5 Å². The topological polar surface area (TPSA) is 123 Å². The number of esters is 1. The normalized spacial score (nSPS) is 44.3. The molecule has 0 saturated carbocycles. The maximum atomic E-state index is 14.1. The molecule has 3 bridgehead atoms. The fourth-order valence-corrected chi connectivity index (χ4v) is 10.9. The number of fused-ring (bicyclic) bond motifs is 2. The van der Waals surface area contributed by atoms with Gasteiger partial charge in [-0.1, -0.05) is 20.8 Å². The van der Waals surface area contributed by atoms with Gasteiger partial charge in [-0.15, -0.1) is 0 Å². The minimum absolute atomic E-state index is 0.0500. The number of carbonyl (C=O) groups is 1. The highest BCUT2D eigenvalue weighted by atomic mass is 28.4. The van der Waals surface area contributed by atoms with E-state index in [9.17, 15) is 4.79 Å². The lowest BCUT2D eigenvalue weighted by molar-refractivity contribution is -0.326. The summed E-state index contributed by atoms with van der Waals surface area (Å²) in [6.07, 6.45) is 1.46. The Morgan fingerprint density at radius 2 is 1.60 bits per heavy atom. The molecule has 4 heterocycles. The van der Waals surface area contributed by atoms with Crippen LogP contribution in [-0.4, -0.2) is 108 Å². The van der Waals surface area contributed by atoms with E-state index in [0.29, 0.717) is 19.4 Å². The molecule has 11 nitrogen and oxygen atoms in total. The third-order valence-electron chi connectivity index (χ3n) is 10.6. The van der Waals surface area contributed by atoms with E-state index < -0.39 is 64.1 Å². The van der Waals surface area contributed by atoms with Crippen LogP contribution in [0.15, 0.2) is 11.6 Å². The van der Waals surface area contributed by atoms with Gasteiger partial charge in [0.2, 0.25) is 0 Å². The maximum absolute atomic E-state index is 14.1. The number of likely N-dealkylation sites (N-methyl/N-ethyl adjacent to an activating group) is 1. The van der Waals surface area contributed by atoms with Gasteiger partial charge in [-0.3, -0.25) is 16.1 Å². The van der Waals surface area contributed by atoms with Crippen molar-refractivity contribution in [3.05, 3.63) is 11.6 Å². The Labute approximate surface area is 292 Å². The van der Waals surface area contributed by atoms with Crippen LogP contribution in [0.5, 0.6) is 0 Å². The summed E-state index contributed by atoms with van der Waals surface area (Å²) in [4.78, 5) is 16.4. The van der Waals surface area contributed by atoms with Crippen molar-refractivity contribution in [2.75, 3.05) is 20.6 Å². The zero-order valence-corrected chi connectivity index (χ0v) is 34.5. The van der Waals surface area contributed by atoms with E-state index in [4.69, 9.17) is 38.4 Å². The minimum Gasteiger partial charge on any atom is -0.459 e. The van der Waals surface area contributed by atoms with Crippen LogP contribution in [0.3, 0.4) is 0 Å². The summed E-state index contributed by atoms with van der Waals surface area (Å²) in [5.41, 5.74) is 1.95. The monoisotopic (exact) mass is 713 g/mol. The first kappa shape index (κ1) is 40.1. The lowest BCUT2D eigenvalue weighted by Crippen LogP contribution is -2.62. The van der Waals surface area contributed by atoms with Crippen LogP contribution in [0.25, 0.3) is 0 Å². The summed E-state index contributed by atoms with van der Waals surface area (Å²) in [6, 6.07) is 0.0903. The lowest BCUT2D eigenvalue weighted by Gasteiger charge is -2.50. The van der Waals surface area contributed by atoms with Gasteiger partial charge in [0.15, 0.2) is 28.7 Å². The summed E-state index contributed by atoms with van der Waals surface area (Å²) in [7, 11) is -0.0148. The molecule has 0 radical (unpaired) electrons. The van der Waals surface area contributed by atoms with Gasteiger partial charge >= 0.3 is 5.97 Å². The Kier molecular flexibility index (Phi) is 12.0. The molecule has 3 fully saturated rings. The number of nitrogens with zero attached hydrogens (tertiary/aromatic N) is 1. The molecule has 3 N–H and O–H groups in total. The first-order valence-corrected chi connectivity index (χ1v) is 24.9. The van der Waals surface area contributed by atoms with Crippen LogP contribution in [0.1, 0.15) is 67.7 Å². The highest BCUT2D eigenvalue weighted by molar-refractivity contribution is 6.70. The van der Waals surface area contributed by atoms with Crippen LogP contribution in [0.2, 0.25) is 39.3 Å². The fraction of sp³-hybridized carbons (Fsp3) is 0.914. The van der Waals surface area contributed by atoms with E-state index in [-0.39, 0.29) is 36.1 Å². The second-order valence-corrected chi connectivity index (χ2v) is 26.5. The molecular formula is C35H67N3O8Si2. The average Bonchev–Trinajstić information content (AvgIpc) is 3.38. The smallest absolute Gasteiger partial charge is 0.311 e. The largest absolute Gasteiger partial charge is 0.459 e. The average molecular weight is 714 g/mol. The second kappa shape index (κ2) is 14.4. The van der Waals surface area contributed by atoms with Crippen molar-refractivity contribution in [1.29, 1.82) is 0 Å². The molecule has 0 aromatic rings. The molecule has 13 heteroatoms. The third-order valence-corrected chi connectivity index (χ3v) is 12.5. The predicted molar refractivity (Wildman–Crippen MR) is 192 cm³/mol. The Morgan fingerprint density at radius 1 is 1.00 bits per heavy atom. The van der Waals surface area contributed by atoms with Gasteiger partial charge in [0.05, 0.1) is 29.8 Å². The number of hydrogen-bond donors (Lipinski definition) is 2. The molecule has 0 aromatic heterocycles. The Balaban J connectivity index is 1.90. The summed E-state index contributed by atoms with van der Waals surface area (Å²) in [5, 5.41) is 0. The van der Waals surface area contributed by atoms with E-state index in [1.807, 2.05) is 20.8 Å². The van der Waals surface area contributed by atoms with Gasteiger partial charge in [0, 0.05) is 30.0 Å². The summed E-state index contributed by atoms with van der Waals surface area (Å²) < 4.78 is 48.6. The van der Waals surface area contributed by atoms with E-state index >= 15 is 0 Å². The maximum Gasteiger partial charge on any atom is 0.311 e. The Morgan fingerprint density at radius 3 is 2.15 bits per heavy atom. The number of ether oxygens (including phenoxy) is 5. The molecule has 1 spiro atoms. The molecule has 3 saturated heterocycles. The summed E-state index contributed by atoms with van der Waals surface area (Å²) >= 11 is 0. The van der Waals surface area contributed by atoms with Crippen molar-refractivity contribution in [3.8, 4) is 0 Å². The van der Waals surface area contributed by atoms with Crippen molar-refractivity contribution in [2.45, 2.75) is 167 Å². The first-order valence-electron chi connectivity index (χ1n) is 18.1. The van der Waals surface area contributed by atoms with Crippen LogP contribution < -0.4 is 11.3 Å². The van der Waals surface area contributed by atoms with Crippen molar-refractivity contribution in [2.24, 2.45) is 23.6 Å². The van der Waals surface area contributed by atoms with Crippen molar-refractivity contribution in [3.63, 3.8) is 0 Å². The molecule has 48 heavy (non-hydrogen) atoms. The minimum atomic E-state index is -2.17. The number of hydrazine groups is 1. The standard InChI is InChI=1S/C35H67N3O8Si2/c1-16-27-33(6)19-25(20-37-36)35(45-33)21(2)18-34(7,46-35)30(23(4)28(43-47(10,11)12)24(5)31(39)41-27)42-32-29(44-48(13,14)15)26(38(8)9)17-22(3)40-32/h19,21-24,26-30,32,37H,16-18,20,36H2,1-15H3/t21-,22-,23+,24-,26+,27-,28+,29+,30-,32?,33?,34-,35?/m1/s1. The van der Waals surface area contributed by atoms with E-state index in [0.717, 1.165) is 12.0 Å². The second-order valence-electron chi connectivity index (χ2n) is 17.5. The van der Waals surface area contributed by atoms with E-state index in [1.54, 1.807) is 0 Å². The number of nitrogens with one attached hydrogen (secondary N) is 1. The van der Waals surface area contributed by atoms with Crippen LogP contribution >= 0.6 is 0 Å². The molecule has 3 unspecified atom stereocenters. The van der Waals surface area contributed by atoms with Crippen molar-refractivity contribution in [1.82, 2.24) is 10.3 Å². The molecule has 4 aliphatic heterocycles. The molecule has 4 rings (SSSR count). The Hall–Kier alpha value is -0.716. The quantitative estimate of drug-likeness (QED) is 0.102. The van der Waals surface area contributed by atoms with Gasteiger partial charge in [0.1, 0.15) is 17.8 Å². The fourth-order valence-electron chi connectivity index (χ4n) is 8.59. The zero-order chi connectivity index (χ0) is 36.2. The zero-order valence-electron chi connectivity index (χ0n) is 32.5. The molecule has 0 amide bonds. The number of hydrogen-bond acceptors (Lipinski definition) is 11. The molecule has 13 atom stereocenters. The predicted octanol–water partition coefficient (Wildman–Crippen LogP) is 5.17. The molecule has 0 aromatic carbocycles. The molecule has 278 valence electrons. The van der Waals surface area contributed by atoms with Crippen LogP contribution in [0, 0.1) is 17.8 Å². The van der Waals surface area contributed by atoms with Gasteiger partial charge in [0.25, 0.3) is 0 Å².